The summed E-state index contributed by atoms with van der Waals surface area (Å²) in [7, 11) is -3.17. The van der Waals surface area contributed by atoms with Crippen molar-refractivity contribution in [1.82, 2.24) is 0 Å². The van der Waals surface area contributed by atoms with Crippen LogP contribution < -0.4 is 31.1 Å². The predicted octanol–water partition coefficient (Wildman–Crippen LogP) is 4.46. The van der Waals surface area contributed by atoms with Crippen molar-refractivity contribution in [3.63, 3.8) is 0 Å². The summed E-state index contributed by atoms with van der Waals surface area (Å²) in [5.74, 6) is 0. The monoisotopic (exact) mass is 702 g/mol. The van der Waals surface area contributed by atoms with E-state index in [0.717, 1.165) is 31.1 Å². The second-order valence-electron chi connectivity index (χ2n) is 10.7. The Morgan fingerprint density at radius 2 is 0.489 bits per heavy atom. The van der Waals surface area contributed by atoms with Gasteiger partial charge in [0.1, 0.15) is 0 Å². The van der Waals surface area contributed by atoms with E-state index in [1.54, 1.807) is 14.2 Å². The molecule has 0 radical (unpaired) electrons. The van der Waals surface area contributed by atoms with E-state index in [2.05, 4.69) is 146 Å². The SMILES string of the molecule is C[O][Zr]([O]C)([O][Si](c1ccccc1)(c1ccccc1)c1ccccc1)[O][Si](c1ccccc1)(c1ccccc1)c1ccccc1. The summed E-state index contributed by atoms with van der Waals surface area (Å²) in [6.07, 6.45) is 0. The third-order valence-electron chi connectivity index (χ3n) is 8.14. The van der Waals surface area contributed by atoms with E-state index < -0.39 is 38.7 Å². The predicted molar refractivity (Wildman–Crippen MR) is 184 cm³/mol. The molecule has 0 aliphatic rings. The molecule has 0 saturated carbocycles. The van der Waals surface area contributed by atoms with Gasteiger partial charge in [-0.15, -0.1) is 0 Å². The maximum atomic E-state index is 7.72. The fraction of sp³-hybridized carbons (Fsp3) is 0.0526. The van der Waals surface area contributed by atoms with Crippen LogP contribution in [-0.4, -0.2) is 30.9 Å². The number of hydrogen-bond donors (Lipinski definition) is 0. The van der Waals surface area contributed by atoms with Crippen LogP contribution in [0.4, 0.5) is 0 Å². The molecular weight excluding hydrogens is 668 g/mol. The molecule has 4 nitrogen and oxygen atoms in total. The van der Waals surface area contributed by atoms with Gasteiger partial charge in [0.15, 0.2) is 0 Å². The van der Waals surface area contributed by atoms with Gasteiger partial charge in [-0.1, -0.05) is 0 Å². The van der Waals surface area contributed by atoms with Gasteiger partial charge in [-0.3, -0.25) is 0 Å². The van der Waals surface area contributed by atoms with Gasteiger partial charge in [-0.05, 0) is 0 Å². The molecule has 0 heterocycles. The van der Waals surface area contributed by atoms with Crippen molar-refractivity contribution in [2.45, 2.75) is 0 Å². The van der Waals surface area contributed by atoms with E-state index in [4.69, 9.17) is 10.6 Å². The number of hydrogen-bond acceptors (Lipinski definition) is 4. The quantitative estimate of drug-likeness (QED) is 0.140. The van der Waals surface area contributed by atoms with Crippen LogP contribution in [0.1, 0.15) is 0 Å². The summed E-state index contributed by atoms with van der Waals surface area (Å²) in [6.45, 7) is 0. The molecule has 0 N–H and O–H groups in total. The molecule has 0 atom stereocenters. The van der Waals surface area contributed by atoms with Gasteiger partial charge in [-0.25, -0.2) is 0 Å². The Morgan fingerprint density at radius 3 is 0.644 bits per heavy atom. The first-order chi connectivity index (χ1) is 22.2. The van der Waals surface area contributed by atoms with Gasteiger partial charge < -0.3 is 0 Å². The van der Waals surface area contributed by atoms with E-state index in [1.165, 1.54) is 0 Å². The molecule has 0 fully saturated rings. The zero-order chi connectivity index (χ0) is 31.0. The summed E-state index contributed by atoms with van der Waals surface area (Å²) in [6, 6.07) is 63.0. The minimum atomic E-state index is -5.06. The van der Waals surface area contributed by atoms with Crippen LogP contribution in [0.2, 0.25) is 0 Å². The van der Waals surface area contributed by atoms with Crippen molar-refractivity contribution < 1.29 is 32.7 Å². The van der Waals surface area contributed by atoms with Crippen molar-refractivity contribution in [2.24, 2.45) is 0 Å². The zero-order valence-electron chi connectivity index (χ0n) is 25.5. The molecule has 0 aromatic heterocycles. The second kappa shape index (κ2) is 14.3. The average Bonchev–Trinajstić information content (AvgIpc) is 3.14. The maximum absolute atomic E-state index is 7.72. The van der Waals surface area contributed by atoms with Crippen LogP contribution in [0.3, 0.4) is 0 Å². The Labute approximate surface area is 275 Å². The van der Waals surface area contributed by atoms with Crippen molar-refractivity contribution in [3.8, 4) is 0 Å². The molecule has 6 aromatic carbocycles. The Bertz CT molecular complexity index is 1430. The fourth-order valence-corrected chi connectivity index (χ4v) is 28.5. The first kappa shape index (κ1) is 31.5. The van der Waals surface area contributed by atoms with Crippen molar-refractivity contribution in [3.05, 3.63) is 182 Å². The van der Waals surface area contributed by atoms with E-state index in [9.17, 15) is 0 Å². The Morgan fingerprint density at radius 1 is 0.311 bits per heavy atom. The van der Waals surface area contributed by atoms with E-state index in [-0.39, 0.29) is 0 Å². The third-order valence-corrected chi connectivity index (χ3v) is 26.8. The molecule has 0 aliphatic heterocycles. The summed E-state index contributed by atoms with van der Waals surface area (Å²) in [5, 5.41) is 6.54. The normalized spacial score (nSPS) is 12.1. The van der Waals surface area contributed by atoms with Crippen LogP contribution in [0.15, 0.2) is 182 Å². The Kier molecular flexibility index (Phi) is 9.98. The summed E-state index contributed by atoms with van der Waals surface area (Å²) in [4.78, 5) is 0. The molecule has 6 aromatic rings. The van der Waals surface area contributed by atoms with Gasteiger partial charge in [0.25, 0.3) is 0 Å². The second-order valence-corrected chi connectivity index (χ2v) is 24.7. The molecular formula is C38H36O4Si2Zr. The van der Waals surface area contributed by atoms with Gasteiger partial charge in [0.2, 0.25) is 0 Å². The van der Waals surface area contributed by atoms with E-state index in [1.807, 2.05) is 36.4 Å². The fourth-order valence-electron chi connectivity index (χ4n) is 6.04. The van der Waals surface area contributed by atoms with Gasteiger partial charge >= 0.3 is 277 Å². The number of benzene rings is 6. The molecule has 0 saturated heterocycles. The molecule has 45 heavy (non-hydrogen) atoms. The molecule has 7 heteroatoms. The van der Waals surface area contributed by atoms with Gasteiger partial charge in [0.05, 0.1) is 0 Å². The molecule has 0 aliphatic carbocycles. The van der Waals surface area contributed by atoms with Gasteiger partial charge in [-0.2, -0.15) is 0 Å². The standard InChI is InChI=1S/2C18H15OSi.2CH3O.Zr/c2*19-20(16-10-4-1-5-11-16,17-12-6-2-7-13-17)18-14-8-3-9-15-18;2*1-2;/h2*1-15H;2*1H3;/q4*-1;+4. The van der Waals surface area contributed by atoms with Crippen LogP contribution in [-0.2, 0) is 32.7 Å². The molecule has 6 rings (SSSR count). The molecule has 0 spiro atoms. The van der Waals surface area contributed by atoms with Crippen molar-refractivity contribution in [1.29, 1.82) is 0 Å². The summed E-state index contributed by atoms with van der Waals surface area (Å²) in [5.41, 5.74) is 0. The van der Waals surface area contributed by atoms with Crippen molar-refractivity contribution in [2.75, 3.05) is 14.2 Å². The average molecular weight is 704 g/mol. The molecule has 0 unspecified atom stereocenters. The van der Waals surface area contributed by atoms with Crippen LogP contribution in [0.5, 0.6) is 0 Å². The van der Waals surface area contributed by atoms with Crippen LogP contribution in [0.25, 0.3) is 0 Å². The molecule has 224 valence electrons. The Hall–Kier alpha value is -3.52. The van der Waals surface area contributed by atoms with Crippen LogP contribution >= 0.6 is 0 Å². The number of rotatable bonds is 12. The topological polar surface area (TPSA) is 36.9 Å². The summed E-state index contributed by atoms with van der Waals surface area (Å²) >= 11 is -5.06. The molecule has 0 bridgehead atoms. The minimum absolute atomic E-state index is 1.09. The zero-order valence-corrected chi connectivity index (χ0v) is 29.9. The molecule has 0 amide bonds. The Balaban J connectivity index is 1.64. The first-order valence-electron chi connectivity index (χ1n) is 15.0. The first-order valence-corrected chi connectivity index (χ1v) is 22.8. The summed E-state index contributed by atoms with van der Waals surface area (Å²) < 4.78 is 28.5. The van der Waals surface area contributed by atoms with Crippen LogP contribution in [0, 0.1) is 0 Å². The van der Waals surface area contributed by atoms with E-state index in [0.29, 0.717) is 0 Å². The van der Waals surface area contributed by atoms with Crippen molar-refractivity contribution >= 4 is 47.8 Å². The van der Waals surface area contributed by atoms with E-state index >= 15 is 0 Å². The van der Waals surface area contributed by atoms with Gasteiger partial charge in [0, 0.05) is 0 Å². The third kappa shape index (κ3) is 6.18.